The van der Waals surface area contributed by atoms with Crippen LogP contribution >= 0.6 is 12.6 Å². The molecule has 0 aliphatic heterocycles. The Balaban J connectivity index is 2.15. The monoisotopic (exact) mass is 260 g/mol. The minimum absolute atomic E-state index is 0.0601. The van der Waals surface area contributed by atoms with E-state index >= 15 is 0 Å². The molecule has 0 spiro atoms. The molecule has 1 fully saturated rings. The van der Waals surface area contributed by atoms with Crippen molar-refractivity contribution >= 4 is 12.6 Å². The van der Waals surface area contributed by atoms with Gasteiger partial charge in [0.25, 0.3) is 0 Å². The van der Waals surface area contributed by atoms with E-state index in [0.717, 1.165) is 12.4 Å². The molecule has 1 saturated carbocycles. The molecule has 1 aliphatic rings. The molecule has 0 amide bonds. The van der Waals surface area contributed by atoms with Crippen LogP contribution in [0.4, 0.5) is 0 Å². The van der Waals surface area contributed by atoms with E-state index in [1.165, 1.54) is 32.1 Å². The largest absolute Gasteiger partial charge is 0.378 e. The normalized spacial score (nSPS) is 20.5. The second-order valence-electron chi connectivity index (χ2n) is 6.23. The summed E-state index contributed by atoms with van der Waals surface area (Å²) >= 11 is 4.51. The Hall–Kier alpha value is 0.270. The highest BCUT2D eigenvalue weighted by molar-refractivity contribution is 7.80. The zero-order valence-corrected chi connectivity index (χ0v) is 12.5. The topological polar surface area (TPSA) is 18.5 Å². The van der Waals surface area contributed by atoms with Gasteiger partial charge in [-0.2, -0.15) is 12.6 Å². The van der Waals surface area contributed by atoms with Crippen molar-refractivity contribution in [2.75, 3.05) is 25.6 Å². The molecular weight excluding hydrogens is 232 g/mol. The first-order chi connectivity index (χ1) is 7.97. The van der Waals surface area contributed by atoms with Gasteiger partial charge in [-0.05, 0) is 39.4 Å². The molecule has 0 aromatic carbocycles. The molecule has 0 saturated heterocycles. The SMILES string of the molecule is CC(C)(C)OCCOCC1(CS)CCCCC1. The van der Waals surface area contributed by atoms with Crippen molar-refractivity contribution in [1.29, 1.82) is 0 Å². The summed E-state index contributed by atoms with van der Waals surface area (Å²) in [6.07, 6.45) is 6.60. The maximum atomic E-state index is 5.79. The molecule has 3 heteroatoms. The molecule has 0 aromatic rings. The molecule has 0 unspecified atom stereocenters. The third kappa shape index (κ3) is 6.12. The molecule has 0 radical (unpaired) electrons. The summed E-state index contributed by atoms with van der Waals surface area (Å²) in [5, 5.41) is 0. The van der Waals surface area contributed by atoms with Gasteiger partial charge in [0.1, 0.15) is 0 Å². The van der Waals surface area contributed by atoms with Gasteiger partial charge in [0.15, 0.2) is 0 Å². The van der Waals surface area contributed by atoms with Gasteiger partial charge < -0.3 is 9.47 Å². The van der Waals surface area contributed by atoms with Gasteiger partial charge in [0, 0.05) is 5.41 Å². The van der Waals surface area contributed by atoms with E-state index in [2.05, 4.69) is 33.4 Å². The second-order valence-corrected chi connectivity index (χ2v) is 6.55. The lowest BCUT2D eigenvalue weighted by atomic mass is 9.76. The van der Waals surface area contributed by atoms with Crippen LogP contribution in [0.1, 0.15) is 52.9 Å². The first kappa shape index (κ1) is 15.3. The van der Waals surface area contributed by atoms with Gasteiger partial charge in [0.05, 0.1) is 25.4 Å². The van der Waals surface area contributed by atoms with Crippen LogP contribution in [-0.2, 0) is 9.47 Å². The number of hydrogen-bond acceptors (Lipinski definition) is 3. The number of rotatable bonds is 6. The number of hydrogen-bond donors (Lipinski definition) is 1. The smallest absolute Gasteiger partial charge is 0.0707 e. The molecule has 0 N–H and O–H groups in total. The highest BCUT2D eigenvalue weighted by atomic mass is 32.1. The maximum absolute atomic E-state index is 5.79. The van der Waals surface area contributed by atoms with Crippen LogP contribution in [0.15, 0.2) is 0 Å². The molecule has 2 nitrogen and oxygen atoms in total. The zero-order chi connectivity index (χ0) is 12.8. The molecule has 1 rings (SSSR count). The van der Waals surface area contributed by atoms with Gasteiger partial charge in [-0.15, -0.1) is 0 Å². The highest BCUT2D eigenvalue weighted by Gasteiger charge is 2.30. The standard InChI is InChI=1S/C14H28O2S/c1-13(2,3)16-10-9-15-11-14(12-17)7-5-4-6-8-14/h17H,4-12H2,1-3H3. The van der Waals surface area contributed by atoms with E-state index in [1.54, 1.807) is 0 Å². The molecule has 102 valence electrons. The first-order valence-corrected chi connectivity index (χ1v) is 7.43. The van der Waals surface area contributed by atoms with Crippen LogP contribution < -0.4 is 0 Å². The molecule has 0 heterocycles. The molecule has 0 aromatic heterocycles. The lowest BCUT2D eigenvalue weighted by Crippen LogP contribution is -2.32. The van der Waals surface area contributed by atoms with E-state index in [-0.39, 0.29) is 5.60 Å². The predicted octanol–water partition coefficient (Wildman–Crippen LogP) is 3.70. The summed E-state index contributed by atoms with van der Waals surface area (Å²) in [5.74, 6) is 0.952. The van der Waals surface area contributed by atoms with Crippen molar-refractivity contribution < 1.29 is 9.47 Å². The van der Waals surface area contributed by atoms with Crippen LogP contribution in [-0.4, -0.2) is 31.2 Å². The van der Waals surface area contributed by atoms with E-state index in [4.69, 9.17) is 9.47 Å². The van der Waals surface area contributed by atoms with Gasteiger partial charge in [-0.1, -0.05) is 19.3 Å². The summed E-state index contributed by atoms with van der Waals surface area (Å²) in [5.41, 5.74) is 0.276. The van der Waals surface area contributed by atoms with Crippen molar-refractivity contribution in [1.82, 2.24) is 0 Å². The molecule has 0 atom stereocenters. The molecule has 1 aliphatic carbocycles. The van der Waals surface area contributed by atoms with Crippen molar-refractivity contribution in [3.8, 4) is 0 Å². The van der Waals surface area contributed by atoms with Crippen molar-refractivity contribution in [2.45, 2.75) is 58.5 Å². The molecule has 17 heavy (non-hydrogen) atoms. The van der Waals surface area contributed by atoms with Gasteiger partial charge in [-0.25, -0.2) is 0 Å². The van der Waals surface area contributed by atoms with Crippen molar-refractivity contribution in [3.63, 3.8) is 0 Å². The molecular formula is C14H28O2S. The minimum Gasteiger partial charge on any atom is -0.378 e. The zero-order valence-electron chi connectivity index (χ0n) is 11.6. The fourth-order valence-corrected chi connectivity index (χ4v) is 2.75. The van der Waals surface area contributed by atoms with Gasteiger partial charge >= 0.3 is 0 Å². The summed E-state index contributed by atoms with van der Waals surface area (Å²) in [6.45, 7) is 8.46. The Morgan fingerprint density at radius 2 is 1.71 bits per heavy atom. The first-order valence-electron chi connectivity index (χ1n) is 6.80. The Morgan fingerprint density at radius 3 is 2.24 bits per heavy atom. The third-order valence-corrected chi connectivity index (χ3v) is 4.09. The summed E-state index contributed by atoms with van der Waals surface area (Å²) in [4.78, 5) is 0. The van der Waals surface area contributed by atoms with E-state index in [0.29, 0.717) is 18.6 Å². The molecule has 0 bridgehead atoms. The average molecular weight is 260 g/mol. The fraction of sp³-hybridized carbons (Fsp3) is 1.00. The Labute approximate surface area is 112 Å². The second kappa shape index (κ2) is 7.01. The lowest BCUT2D eigenvalue weighted by Gasteiger charge is -2.35. The van der Waals surface area contributed by atoms with Gasteiger partial charge in [-0.3, -0.25) is 0 Å². The minimum atomic E-state index is -0.0601. The van der Waals surface area contributed by atoms with Gasteiger partial charge in [0.2, 0.25) is 0 Å². The van der Waals surface area contributed by atoms with Crippen molar-refractivity contribution in [3.05, 3.63) is 0 Å². The van der Waals surface area contributed by atoms with E-state index < -0.39 is 0 Å². The van der Waals surface area contributed by atoms with Crippen LogP contribution in [0.25, 0.3) is 0 Å². The summed E-state index contributed by atoms with van der Waals surface area (Å²) in [7, 11) is 0. The van der Waals surface area contributed by atoms with Crippen LogP contribution in [0.5, 0.6) is 0 Å². The predicted molar refractivity (Wildman–Crippen MR) is 75.9 cm³/mol. The Morgan fingerprint density at radius 1 is 1.06 bits per heavy atom. The quantitative estimate of drug-likeness (QED) is 0.580. The third-order valence-electron chi connectivity index (χ3n) is 3.42. The van der Waals surface area contributed by atoms with Crippen LogP contribution in [0, 0.1) is 5.41 Å². The van der Waals surface area contributed by atoms with E-state index in [1.807, 2.05) is 0 Å². The van der Waals surface area contributed by atoms with Crippen molar-refractivity contribution in [2.24, 2.45) is 5.41 Å². The van der Waals surface area contributed by atoms with E-state index in [9.17, 15) is 0 Å². The maximum Gasteiger partial charge on any atom is 0.0707 e. The summed E-state index contributed by atoms with van der Waals surface area (Å²) in [6, 6.07) is 0. The highest BCUT2D eigenvalue weighted by Crippen LogP contribution is 2.37. The average Bonchev–Trinajstić information content (AvgIpc) is 2.28. The number of thiol groups is 1. The number of ether oxygens (including phenoxy) is 2. The van der Waals surface area contributed by atoms with Crippen LogP contribution in [0.3, 0.4) is 0 Å². The Kier molecular flexibility index (Phi) is 6.32. The summed E-state index contributed by atoms with van der Waals surface area (Å²) < 4.78 is 11.4. The fourth-order valence-electron chi connectivity index (χ4n) is 2.35. The van der Waals surface area contributed by atoms with Crippen LogP contribution in [0.2, 0.25) is 0 Å². The lowest BCUT2D eigenvalue weighted by molar-refractivity contribution is -0.0501. The Bertz CT molecular complexity index is 205.